The summed E-state index contributed by atoms with van der Waals surface area (Å²) in [5, 5.41) is 7.41. The summed E-state index contributed by atoms with van der Waals surface area (Å²) in [6, 6.07) is 10.2. The molecule has 1 N–H and O–H groups in total. The molecular weight excluding hydrogens is 288 g/mol. The van der Waals surface area contributed by atoms with Gasteiger partial charge < -0.3 is 5.32 Å². The van der Waals surface area contributed by atoms with E-state index in [1.54, 1.807) is 6.33 Å². The third kappa shape index (κ3) is 4.41. The second-order valence-electron chi connectivity index (χ2n) is 6.25. The number of carbonyl (C=O) groups is 1. The molecule has 1 saturated carbocycles. The first-order chi connectivity index (χ1) is 11.3. The molecule has 5 nitrogen and oxygen atoms in total. The number of rotatable bonds is 6. The highest BCUT2D eigenvalue weighted by Crippen LogP contribution is 2.25. The highest BCUT2D eigenvalue weighted by Gasteiger charge is 2.24. The van der Waals surface area contributed by atoms with Crippen LogP contribution in [0, 0.1) is 5.92 Å². The van der Waals surface area contributed by atoms with Gasteiger partial charge in [0.1, 0.15) is 12.7 Å². The van der Waals surface area contributed by atoms with Gasteiger partial charge in [-0.2, -0.15) is 5.10 Å². The third-order valence-electron chi connectivity index (χ3n) is 4.61. The van der Waals surface area contributed by atoms with E-state index < -0.39 is 0 Å². The molecule has 0 saturated heterocycles. The quantitative estimate of drug-likeness (QED) is 0.891. The van der Waals surface area contributed by atoms with Gasteiger partial charge in [-0.25, -0.2) is 4.98 Å². The molecule has 1 atom stereocenters. The van der Waals surface area contributed by atoms with E-state index >= 15 is 0 Å². The van der Waals surface area contributed by atoms with E-state index in [1.165, 1.54) is 25.6 Å². The van der Waals surface area contributed by atoms with Crippen molar-refractivity contribution in [1.82, 2.24) is 20.1 Å². The molecule has 1 heterocycles. The number of hydrogen-bond donors (Lipinski definition) is 1. The average Bonchev–Trinajstić information content (AvgIpc) is 3.13. The van der Waals surface area contributed by atoms with Crippen molar-refractivity contribution in [2.45, 2.75) is 51.1 Å². The Kier molecular flexibility index (Phi) is 5.40. The zero-order valence-electron chi connectivity index (χ0n) is 13.4. The van der Waals surface area contributed by atoms with Gasteiger partial charge in [-0.05, 0) is 24.8 Å². The summed E-state index contributed by atoms with van der Waals surface area (Å²) < 4.78 is 1.81. The van der Waals surface area contributed by atoms with Gasteiger partial charge in [0.05, 0.1) is 6.04 Å². The zero-order chi connectivity index (χ0) is 15.9. The van der Waals surface area contributed by atoms with Crippen molar-refractivity contribution in [3.05, 3.63) is 48.5 Å². The average molecular weight is 312 g/mol. The largest absolute Gasteiger partial charge is 0.349 e. The molecular formula is C18H24N4O. The minimum atomic E-state index is 0.0230. The van der Waals surface area contributed by atoms with Gasteiger partial charge >= 0.3 is 0 Å². The van der Waals surface area contributed by atoms with Gasteiger partial charge in [0.25, 0.3) is 0 Å². The Morgan fingerprint density at radius 3 is 2.70 bits per heavy atom. The number of amides is 1. The summed E-state index contributed by atoms with van der Waals surface area (Å²) in [4.78, 5) is 16.6. The Hall–Kier alpha value is -2.17. The van der Waals surface area contributed by atoms with Gasteiger partial charge in [-0.15, -0.1) is 0 Å². The van der Waals surface area contributed by atoms with Crippen molar-refractivity contribution in [3.8, 4) is 0 Å². The molecule has 0 aliphatic heterocycles. The Labute approximate surface area is 137 Å². The first-order valence-electron chi connectivity index (χ1n) is 8.50. The Bertz CT molecular complexity index is 591. The Morgan fingerprint density at radius 1 is 1.22 bits per heavy atom. The van der Waals surface area contributed by atoms with Crippen LogP contribution in [0.3, 0.4) is 0 Å². The molecule has 5 heteroatoms. The normalized spacial score (nSPS) is 16.9. The monoisotopic (exact) mass is 312 g/mol. The minimum Gasteiger partial charge on any atom is -0.349 e. The Morgan fingerprint density at radius 2 is 2.00 bits per heavy atom. The van der Waals surface area contributed by atoms with Crippen LogP contribution in [0.2, 0.25) is 0 Å². The number of nitrogens with one attached hydrogen (secondary N) is 1. The van der Waals surface area contributed by atoms with E-state index in [9.17, 15) is 4.79 Å². The number of aryl methyl sites for hydroxylation is 1. The molecule has 2 aromatic rings. The van der Waals surface area contributed by atoms with E-state index in [1.807, 2.05) is 22.9 Å². The fourth-order valence-electron chi connectivity index (χ4n) is 3.27. The summed E-state index contributed by atoms with van der Waals surface area (Å²) in [5.74, 6) is 0.387. The standard InChI is InChI=1S/C18H24N4O/c23-18(16-9-5-2-6-10-16)21-17(15-7-3-1-4-8-15)11-12-22-14-19-13-20-22/h1,3-4,7-8,13-14,16-17H,2,5-6,9-12H2,(H,21,23)/t17-/m1/s1. The van der Waals surface area contributed by atoms with Gasteiger partial charge in [0.2, 0.25) is 5.91 Å². The first-order valence-corrected chi connectivity index (χ1v) is 8.50. The molecule has 0 spiro atoms. The molecule has 1 aliphatic rings. The lowest BCUT2D eigenvalue weighted by Gasteiger charge is -2.25. The summed E-state index contributed by atoms with van der Waals surface area (Å²) in [7, 11) is 0. The van der Waals surface area contributed by atoms with Crippen molar-refractivity contribution in [2.75, 3.05) is 0 Å². The summed E-state index contributed by atoms with van der Waals surface area (Å²) >= 11 is 0. The van der Waals surface area contributed by atoms with Crippen LogP contribution in [0.1, 0.15) is 50.1 Å². The van der Waals surface area contributed by atoms with Crippen molar-refractivity contribution in [3.63, 3.8) is 0 Å². The topological polar surface area (TPSA) is 59.8 Å². The van der Waals surface area contributed by atoms with Crippen molar-refractivity contribution in [1.29, 1.82) is 0 Å². The molecule has 122 valence electrons. The lowest BCUT2D eigenvalue weighted by molar-refractivity contribution is -0.126. The Balaban J connectivity index is 1.65. The van der Waals surface area contributed by atoms with Crippen LogP contribution in [0.25, 0.3) is 0 Å². The van der Waals surface area contributed by atoms with Crippen LogP contribution in [-0.2, 0) is 11.3 Å². The maximum Gasteiger partial charge on any atom is 0.223 e. The van der Waals surface area contributed by atoms with Crippen LogP contribution < -0.4 is 5.32 Å². The SMILES string of the molecule is O=C(N[C@H](CCn1cncn1)c1ccccc1)C1CCCCC1. The maximum absolute atomic E-state index is 12.6. The van der Waals surface area contributed by atoms with Gasteiger partial charge in [-0.1, -0.05) is 49.6 Å². The highest BCUT2D eigenvalue weighted by molar-refractivity contribution is 5.79. The lowest BCUT2D eigenvalue weighted by atomic mass is 9.88. The molecule has 0 unspecified atom stereocenters. The molecule has 0 radical (unpaired) electrons. The fraction of sp³-hybridized carbons (Fsp3) is 0.500. The summed E-state index contributed by atoms with van der Waals surface area (Å²) in [6.45, 7) is 0.741. The molecule has 1 aromatic carbocycles. The molecule has 1 aromatic heterocycles. The lowest BCUT2D eigenvalue weighted by Crippen LogP contribution is -2.35. The molecule has 1 fully saturated rings. The highest BCUT2D eigenvalue weighted by atomic mass is 16.1. The third-order valence-corrected chi connectivity index (χ3v) is 4.61. The van der Waals surface area contributed by atoms with Gasteiger partial charge in [0, 0.05) is 12.5 Å². The number of carbonyl (C=O) groups excluding carboxylic acids is 1. The second-order valence-corrected chi connectivity index (χ2v) is 6.25. The molecule has 1 amide bonds. The zero-order valence-corrected chi connectivity index (χ0v) is 13.4. The number of nitrogens with zero attached hydrogens (tertiary/aromatic N) is 3. The minimum absolute atomic E-state index is 0.0230. The molecule has 3 rings (SSSR count). The van der Waals surface area contributed by atoms with Crippen molar-refractivity contribution < 1.29 is 4.79 Å². The molecule has 1 aliphatic carbocycles. The number of benzene rings is 1. The predicted molar refractivity (Wildman–Crippen MR) is 88.5 cm³/mol. The number of aromatic nitrogens is 3. The first kappa shape index (κ1) is 15.7. The fourth-order valence-corrected chi connectivity index (χ4v) is 3.27. The van der Waals surface area contributed by atoms with E-state index in [4.69, 9.17) is 0 Å². The predicted octanol–water partition coefficient (Wildman–Crippen LogP) is 3.11. The van der Waals surface area contributed by atoms with E-state index in [-0.39, 0.29) is 17.9 Å². The summed E-state index contributed by atoms with van der Waals surface area (Å²) in [6.07, 6.45) is 9.72. The maximum atomic E-state index is 12.6. The smallest absolute Gasteiger partial charge is 0.223 e. The second kappa shape index (κ2) is 7.90. The van der Waals surface area contributed by atoms with Crippen molar-refractivity contribution in [2.24, 2.45) is 5.92 Å². The van der Waals surface area contributed by atoms with Crippen molar-refractivity contribution >= 4 is 5.91 Å². The molecule has 23 heavy (non-hydrogen) atoms. The van der Waals surface area contributed by atoms with Crippen LogP contribution in [0.15, 0.2) is 43.0 Å². The van der Waals surface area contributed by atoms with E-state index in [0.717, 1.165) is 31.4 Å². The van der Waals surface area contributed by atoms with Crippen LogP contribution in [-0.4, -0.2) is 20.7 Å². The van der Waals surface area contributed by atoms with Crippen LogP contribution in [0.4, 0.5) is 0 Å². The van der Waals surface area contributed by atoms with E-state index in [2.05, 4.69) is 27.5 Å². The van der Waals surface area contributed by atoms with Crippen LogP contribution >= 0.6 is 0 Å². The van der Waals surface area contributed by atoms with Gasteiger partial charge in [-0.3, -0.25) is 9.48 Å². The molecule has 0 bridgehead atoms. The van der Waals surface area contributed by atoms with Crippen LogP contribution in [0.5, 0.6) is 0 Å². The summed E-state index contributed by atoms with van der Waals surface area (Å²) in [5.41, 5.74) is 1.15. The number of hydrogen-bond acceptors (Lipinski definition) is 3. The van der Waals surface area contributed by atoms with E-state index in [0.29, 0.717) is 0 Å². The van der Waals surface area contributed by atoms with Gasteiger partial charge in [0.15, 0.2) is 0 Å².